The molecule has 0 radical (unpaired) electrons. The summed E-state index contributed by atoms with van der Waals surface area (Å²) in [5, 5.41) is 0. The van der Waals surface area contributed by atoms with Crippen LogP contribution in [0, 0.1) is 0 Å². The average Bonchev–Trinajstić information content (AvgIpc) is 2.63. The summed E-state index contributed by atoms with van der Waals surface area (Å²) in [4.78, 5) is 0. The number of methoxy groups -OCH3 is 1. The third kappa shape index (κ3) is 21.9. The molecule has 2 heteroatoms. The highest BCUT2D eigenvalue weighted by Gasteiger charge is 1.98. The molecular formula is C23H48O2. The molecule has 0 amide bonds. The fourth-order valence-electron chi connectivity index (χ4n) is 3.32. The van der Waals surface area contributed by atoms with Crippen molar-refractivity contribution in [2.24, 2.45) is 0 Å². The van der Waals surface area contributed by atoms with E-state index in [9.17, 15) is 0 Å². The molecule has 0 saturated carbocycles. The molecule has 0 bridgehead atoms. The Morgan fingerprint density at radius 2 is 0.840 bits per heavy atom. The SMILES string of the molecule is CCCCCCCCCCCCCCCCCCCCOC(C)OC. The highest BCUT2D eigenvalue weighted by molar-refractivity contribution is 4.50. The summed E-state index contributed by atoms with van der Waals surface area (Å²) in [5.41, 5.74) is 0. The van der Waals surface area contributed by atoms with Gasteiger partial charge in [-0.1, -0.05) is 116 Å². The maximum atomic E-state index is 5.50. The molecule has 0 aromatic heterocycles. The quantitative estimate of drug-likeness (QED) is 0.153. The van der Waals surface area contributed by atoms with Crippen molar-refractivity contribution in [3.8, 4) is 0 Å². The molecule has 0 rings (SSSR count). The Kier molecular flexibility index (Phi) is 21.9. The van der Waals surface area contributed by atoms with Gasteiger partial charge < -0.3 is 9.47 Å². The van der Waals surface area contributed by atoms with Crippen molar-refractivity contribution in [3.05, 3.63) is 0 Å². The molecular weight excluding hydrogens is 308 g/mol. The van der Waals surface area contributed by atoms with Crippen LogP contribution in [0.15, 0.2) is 0 Å². The lowest BCUT2D eigenvalue weighted by atomic mass is 10.0. The molecule has 1 atom stereocenters. The number of ether oxygens (including phenoxy) is 2. The second kappa shape index (κ2) is 22.0. The van der Waals surface area contributed by atoms with Crippen LogP contribution in [-0.4, -0.2) is 20.0 Å². The molecule has 0 fully saturated rings. The zero-order chi connectivity index (χ0) is 18.4. The zero-order valence-electron chi connectivity index (χ0n) is 17.8. The summed E-state index contributed by atoms with van der Waals surface area (Å²) in [5.74, 6) is 0. The topological polar surface area (TPSA) is 18.5 Å². The summed E-state index contributed by atoms with van der Waals surface area (Å²) >= 11 is 0. The molecule has 1 unspecified atom stereocenters. The van der Waals surface area contributed by atoms with Crippen molar-refractivity contribution in [2.75, 3.05) is 13.7 Å². The van der Waals surface area contributed by atoms with Crippen LogP contribution in [0.2, 0.25) is 0 Å². The van der Waals surface area contributed by atoms with E-state index in [1.54, 1.807) is 7.11 Å². The Morgan fingerprint density at radius 3 is 1.16 bits per heavy atom. The van der Waals surface area contributed by atoms with Crippen LogP contribution >= 0.6 is 0 Å². The van der Waals surface area contributed by atoms with Crippen LogP contribution in [0.25, 0.3) is 0 Å². The van der Waals surface area contributed by atoms with Crippen LogP contribution in [0.3, 0.4) is 0 Å². The lowest BCUT2D eigenvalue weighted by Crippen LogP contribution is -2.10. The largest absolute Gasteiger partial charge is 0.356 e. The van der Waals surface area contributed by atoms with Gasteiger partial charge in [-0.3, -0.25) is 0 Å². The van der Waals surface area contributed by atoms with E-state index in [2.05, 4.69) is 6.92 Å². The molecule has 0 spiro atoms. The monoisotopic (exact) mass is 356 g/mol. The highest BCUT2D eigenvalue weighted by Crippen LogP contribution is 2.14. The van der Waals surface area contributed by atoms with E-state index in [-0.39, 0.29) is 6.29 Å². The van der Waals surface area contributed by atoms with Crippen molar-refractivity contribution >= 4 is 0 Å². The fourth-order valence-corrected chi connectivity index (χ4v) is 3.32. The van der Waals surface area contributed by atoms with Crippen molar-refractivity contribution in [1.29, 1.82) is 0 Å². The summed E-state index contributed by atoms with van der Waals surface area (Å²) < 4.78 is 10.6. The lowest BCUT2D eigenvalue weighted by molar-refractivity contribution is -0.111. The Hall–Kier alpha value is -0.0800. The van der Waals surface area contributed by atoms with Crippen LogP contribution in [-0.2, 0) is 9.47 Å². The third-order valence-electron chi connectivity index (χ3n) is 5.18. The smallest absolute Gasteiger partial charge is 0.154 e. The van der Waals surface area contributed by atoms with E-state index >= 15 is 0 Å². The summed E-state index contributed by atoms with van der Waals surface area (Å²) in [6, 6.07) is 0. The van der Waals surface area contributed by atoms with Gasteiger partial charge in [0.1, 0.15) is 0 Å². The number of hydrogen-bond donors (Lipinski definition) is 0. The Bertz CT molecular complexity index is 230. The van der Waals surface area contributed by atoms with E-state index in [0.717, 1.165) is 6.61 Å². The molecule has 25 heavy (non-hydrogen) atoms. The molecule has 0 saturated heterocycles. The Labute approximate surface area is 159 Å². The molecule has 152 valence electrons. The van der Waals surface area contributed by atoms with Gasteiger partial charge in [0.15, 0.2) is 6.29 Å². The average molecular weight is 357 g/mol. The highest BCUT2D eigenvalue weighted by atomic mass is 16.7. The number of hydrogen-bond acceptors (Lipinski definition) is 2. The maximum absolute atomic E-state index is 5.50. The summed E-state index contributed by atoms with van der Waals surface area (Å²) in [6.07, 6.45) is 25.5. The maximum Gasteiger partial charge on any atom is 0.154 e. The minimum atomic E-state index is -0.0502. The van der Waals surface area contributed by atoms with Gasteiger partial charge in [-0.15, -0.1) is 0 Å². The van der Waals surface area contributed by atoms with E-state index in [1.165, 1.54) is 116 Å². The van der Waals surface area contributed by atoms with E-state index in [0.29, 0.717) is 0 Å². The van der Waals surface area contributed by atoms with Gasteiger partial charge >= 0.3 is 0 Å². The molecule has 0 aromatic rings. The predicted octanol–water partition coefficient (Wildman–Crippen LogP) is 8.04. The molecule has 0 heterocycles. The van der Waals surface area contributed by atoms with E-state index < -0.39 is 0 Å². The van der Waals surface area contributed by atoms with Gasteiger partial charge in [-0.25, -0.2) is 0 Å². The third-order valence-corrected chi connectivity index (χ3v) is 5.18. The van der Waals surface area contributed by atoms with Crippen molar-refractivity contribution in [2.45, 2.75) is 136 Å². The van der Waals surface area contributed by atoms with Gasteiger partial charge in [0.25, 0.3) is 0 Å². The number of unbranched alkanes of at least 4 members (excludes halogenated alkanes) is 17. The van der Waals surface area contributed by atoms with Crippen molar-refractivity contribution < 1.29 is 9.47 Å². The lowest BCUT2D eigenvalue weighted by Gasteiger charge is -2.10. The molecule has 0 aliphatic heterocycles. The van der Waals surface area contributed by atoms with Crippen molar-refractivity contribution in [1.82, 2.24) is 0 Å². The second-order valence-electron chi connectivity index (χ2n) is 7.68. The normalized spacial score (nSPS) is 12.6. The first kappa shape index (κ1) is 24.9. The Morgan fingerprint density at radius 1 is 0.520 bits per heavy atom. The molecule has 2 nitrogen and oxygen atoms in total. The van der Waals surface area contributed by atoms with Gasteiger partial charge in [-0.05, 0) is 13.3 Å². The minimum absolute atomic E-state index is 0.0502. The standard InChI is InChI=1S/C23H48O2/c1-4-5-6-7-8-9-10-11-12-13-14-15-16-17-18-19-20-21-22-25-23(2)24-3/h23H,4-22H2,1-3H3. The first-order valence-electron chi connectivity index (χ1n) is 11.5. The van der Waals surface area contributed by atoms with Gasteiger partial charge in [0.05, 0.1) is 0 Å². The molecule has 0 aliphatic carbocycles. The molecule has 0 N–H and O–H groups in total. The summed E-state index contributed by atoms with van der Waals surface area (Å²) in [7, 11) is 1.69. The number of rotatable bonds is 21. The first-order valence-corrected chi connectivity index (χ1v) is 11.5. The predicted molar refractivity (Wildman–Crippen MR) is 111 cm³/mol. The van der Waals surface area contributed by atoms with Gasteiger partial charge in [0, 0.05) is 13.7 Å². The summed E-state index contributed by atoms with van der Waals surface area (Å²) in [6.45, 7) is 5.09. The fraction of sp³-hybridized carbons (Fsp3) is 1.00. The second-order valence-corrected chi connectivity index (χ2v) is 7.68. The first-order chi connectivity index (χ1) is 12.3. The zero-order valence-corrected chi connectivity index (χ0v) is 17.8. The van der Waals surface area contributed by atoms with Crippen LogP contribution in [0.5, 0.6) is 0 Å². The molecule has 0 aliphatic rings. The van der Waals surface area contributed by atoms with Gasteiger partial charge in [-0.2, -0.15) is 0 Å². The van der Waals surface area contributed by atoms with Crippen LogP contribution < -0.4 is 0 Å². The van der Waals surface area contributed by atoms with E-state index in [1.807, 2.05) is 6.92 Å². The van der Waals surface area contributed by atoms with Crippen LogP contribution in [0.1, 0.15) is 129 Å². The van der Waals surface area contributed by atoms with Crippen LogP contribution in [0.4, 0.5) is 0 Å². The van der Waals surface area contributed by atoms with Crippen molar-refractivity contribution in [3.63, 3.8) is 0 Å². The Balaban J connectivity index is 2.98. The minimum Gasteiger partial charge on any atom is -0.356 e. The molecule has 0 aromatic carbocycles. The van der Waals surface area contributed by atoms with E-state index in [4.69, 9.17) is 9.47 Å². The van der Waals surface area contributed by atoms with Gasteiger partial charge in [0.2, 0.25) is 0 Å².